The molecule has 1 atom stereocenters. The molecule has 0 saturated carbocycles. The van der Waals surface area contributed by atoms with Crippen LogP contribution in [0, 0.1) is 6.92 Å². The van der Waals surface area contributed by atoms with Crippen molar-refractivity contribution in [3.05, 3.63) is 47.2 Å². The Labute approximate surface area is 167 Å². The lowest BCUT2D eigenvalue weighted by molar-refractivity contribution is -0.272. The molecular formula is C17H17F3N6O2S. The number of hydrogen-bond acceptors (Lipinski definition) is 7. The van der Waals surface area contributed by atoms with Crippen molar-refractivity contribution in [1.29, 1.82) is 0 Å². The van der Waals surface area contributed by atoms with E-state index < -0.39 is 36.5 Å². The van der Waals surface area contributed by atoms with Crippen LogP contribution in [0.5, 0.6) is 0 Å². The lowest BCUT2D eigenvalue weighted by atomic mass is 9.97. The van der Waals surface area contributed by atoms with Gasteiger partial charge in [-0.1, -0.05) is 0 Å². The fraction of sp³-hybridized carbons (Fsp3) is 0.353. The molecule has 3 heterocycles. The fourth-order valence-corrected chi connectivity index (χ4v) is 3.62. The number of rotatable bonds is 6. The number of halogens is 3. The van der Waals surface area contributed by atoms with Gasteiger partial charge in [0.25, 0.3) is 5.91 Å². The van der Waals surface area contributed by atoms with Crippen molar-refractivity contribution >= 4 is 17.2 Å². The molecule has 29 heavy (non-hydrogen) atoms. The molecule has 0 bridgehead atoms. The summed E-state index contributed by atoms with van der Waals surface area (Å²) in [6, 6.07) is 1.64. The topological polar surface area (TPSA) is 106 Å². The Kier molecular flexibility index (Phi) is 5.66. The van der Waals surface area contributed by atoms with E-state index in [-0.39, 0.29) is 4.88 Å². The Morgan fingerprint density at radius 2 is 1.93 bits per heavy atom. The third-order valence-electron chi connectivity index (χ3n) is 4.19. The first-order valence-corrected chi connectivity index (χ1v) is 9.25. The second-order valence-corrected chi connectivity index (χ2v) is 7.23. The van der Waals surface area contributed by atoms with Gasteiger partial charge in [-0.2, -0.15) is 13.2 Å². The number of alkyl halides is 3. The Bertz CT molecular complexity index is 1000. The average Bonchev–Trinajstić information content (AvgIpc) is 3.27. The smallest absolute Gasteiger partial charge is 0.374 e. The van der Waals surface area contributed by atoms with E-state index in [4.69, 9.17) is 0 Å². The van der Waals surface area contributed by atoms with E-state index in [0.29, 0.717) is 16.5 Å². The highest BCUT2D eigenvalue weighted by Gasteiger charge is 2.57. The summed E-state index contributed by atoms with van der Waals surface area (Å²) in [6.07, 6.45) is -0.214. The van der Waals surface area contributed by atoms with Crippen molar-refractivity contribution in [2.75, 3.05) is 6.54 Å². The van der Waals surface area contributed by atoms with Gasteiger partial charge in [-0.3, -0.25) is 4.79 Å². The second kappa shape index (κ2) is 7.87. The van der Waals surface area contributed by atoms with Crippen LogP contribution in [0.1, 0.15) is 27.6 Å². The number of carbonyl (C=O) groups excluding carboxylic acids is 1. The number of amides is 1. The van der Waals surface area contributed by atoms with Crippen LogP contribution < -0.4 is 5.32 Å². The fourth-order valence-electron chi connectivity index (χ4n) is 2.69. The largest absolute Gasteiger partial charge is 0.424 e. The Morgan fingerprint density at radius 3 is 2.52 bits per heavy atom. The average molecular weight is 426 g/mol. The standard InChI is InChI=1S/C17H17F3N6O2S/c1-10-11(29-14(25-10)12-21-5-3-6-22-12)13(27)23-7-4-16(28,17(18,19)20)15-24-8-9-26(15)2/h3,5-6,8-9,28H,4,7H2,1-2H3,(H,23,27). The van der Waals surface area contributed by atoms with Crippen LogP contribution in [0.15, 0.2) is 30.9 Å². The first-order valence-electron chi connectivity index (χ1n) is 8.43. The van der Waals surface area contributed by atoms with E-state index in [2.05, 4.69) is 25.3 Å². The molecule has 1 unspecified atom stereocenters. The zero-order chi connectivity index (χ0) is 21.2. The van der Waals surface area contributed by atoms with Gasteiger partial charge >= 0.3 is 6.18 Å². The minimum Gasteiger partial charge on any atom is -0.374 e. The monoisotopic (exact) mass is 426 g/mol. The number of aryl methyl sites for hydroxylation is 2. The summed E-state index contributed by atoms with van der Waals surface area (Å²) in [5.74, 6) is -0.788. The van der Waals surface area contributed by atoms with E-state index in [9.17, 15) is 23.1 Å². The number of nitrogens with zero attached hydrogens (tertiary/aromatic N) is 5. The first-order chi connectivity index (χ1) is 13.6. The molecule has 0 radical (unpaired) electrons. The number of imidazole rings is 1. The van der Waals surface area contributed by atoms with Gasteiger partial charge < -0.3 is 15.0 Å². The van der Waals surface area contributed by atoms with Gasteiger partial charge in [0.05, 0.1) is 5.69 Å². The molecule has 0 aliphatic rings. The normalized spacial score (nSPS) is 13.9. The van der Waals surface area contributed by atoms with Gasteiger partial charge in [0, 0.05) is 44.8 Å². The van der Waals surface area contributed by atoms with E-state index in [0.717, 1.165) is 15.9 Å². The number of nitrogens with one attached hydrogen (secondary N) is 1. The van der Waals surface area contributed by atoms with Crippen LogP contribution in [0.4, 0.5) is 13.2 Å². The Balaban J connectivity index is 1.72. The molecule has 8 nitrogen and oxygen atoms in total. The minimum atomic E-state index is -4.96. The second-order valence-electron chi connectivity index (χ2n) is 6.23. The number of thiazole rings is 1. The molecular weight excluding hydrogens is 409 g/mol. The summed E-state index contributed by atoms with van der Waals surface area (Å²) in [7, 11) is 1.35. The lowest BCUT2D eigenvalue weighted by Gasteiger charge is -2.29. The maximum absolute atomic E-state index is 13.5. The van der Waals surface area contributed by atoms with Gasteiger partial charge in [-0.05, 0) is 13.0 Å². The van der Waals surface area contributed by atoms with Crippen molar-refractivity contribution in [1.82, 2.24) is 29.8 Å². The maximum atomic E-state index is 13.5. The third kappa shape index (κ3) is 4.12. The first kappa shape index (κ1) is 20.9. The molecule has 0 aromatic carbocycles. The van der Waals surface area contributed by atoms with Gasteiger partial charge in [0.15, 0.2) is 10.8 Å². The summed E-state index contributed by atoms with van der Waals surface area (Å²) in [4.78, 5) is 28.6. The van der Waals surface area contributed by atoms with Crippen molar-refractivity contribution in [2.24, 2.45) is 7.05 Å². The van der Waals surface area contributed by atoms with Crippen LogP contribution in [0.3, 0.4) is 0 Å². The lowest BCUT2D eigenvalue weighted by Crippen LogP contribution is -2.46. The third-order valence-corrected chi connectivity index (χ3v) is 5.34. The molecule has 3 aromatic rings. The summed E-state index contributed by atoms with van der Waals surface area (Å²) < 4.78 is 41.6. The van der Waals surface area contributed by atoms with E-state index in [1.807, 2.05) is 0 Å². The number of aliphatic hydroxyl groups is 1. The van der Waals surface area contributed by atoms with Crippen LogP contribution in [-0.4, -0.2) is 48.2 Å². The van der Waals surface area contributed by atoms with Crippen LogP contribution in [0.2, 0.25) is 0 Å². The highest BCUT2D eigenvalue weighted by Crippen LogP contribution is 2.40. The highest BCUT2D eigenvalue weighted by molar-refractivity contribution is 7.17. The molecule has 154 valence electrons. The van der Waals surface area contributed by atoms with Crippen molar-refractivity contribution in [3.8, 4) is 10.8 Å². The predicted octanol–water partition coefficient (Wildman–Crippen LogP) is 2.21. The molecule has 0 saturated heterocycles. The van der Waals surface area contributed by atoms with E-state index in [1.54, 1.807) is 13.0 Å². The summed E-state index contributed by atoms with van der Waals surface area (Å²) in [6.45, 7) is 1.19. The van der Waals surface area contributed by atoms with Crippen molar-refractivity contribution < 1.29 is 23.1 Å². The molecule has 0 aliphatic heterocycles. The molecule has 3 aromatic heterocycles. The quantitative estimate of drug-likeness (QED) is 0.626. The van der Waals surface area contributed by atoms with E-state index >= 15 is 0 Å². The van der Waals surface area contributed by atoms with Crippen LogP contribution >= 0.6 is 11.3 Å². The van der Waals surface area contributed by atoms with Crippen molar-refractivity contribution in [3.63, 3.8) is 0 Å². The maximum Gasteiger partial charge on any atom is 0.424 e. The van der Waals surface area contributed by atoms with E-state index in [1.165, 1.54) is 31.8 Å². The minimum absolute atomic E-state index is 0.236. The zero-order valence-electron chi connectivity index (χ0n) is 15.4. The molecule has 1 amide bonds. The molecule has 0 aliphatic carbocycles. The Morgan fingerprint density at radius 1 is 1.24 bits per heavy atom. The van der Waals surface area contributed by atoms with Gasteiger partial charge in [0.1, 0.15) is 10.7 Å². The Hall–Kier alpha value is -2.86. The zero-order valence-corrected chi connectivity index (χ0v) is 16.3. The summed E-state index contributed by atoms with van der Waals surface area (Å²) in [5.41, 5.74) is -2.78. The van der Waals surface area contributed by atoms with Crippen LogP contribution in [0.25, 0.3) is 10.8 Å². The van der Waals surface area contributed by atoms with Gasteiger partial charge in [-0.25, -0.2) is 19.9 Å². The summed E-state index contributed by atoms with van der Waals surface area (Å²) >= 11 is 1.04. The molecule has 0 fully saturated rings. The number of hydrogen-bond donors (Lipinski definition) is 2. The summed E-state index contributed by atoms with van der Waals surface area (Å²) in [5, 5.41) is 13.1. The number of carbonyl (C=O) groups is 1. The molecule has 12 heteroatoms. The predicted molar refractivity (Wildman–Crippen MR) is 98.0 cm³/mol. The molecule has 0 spiro atoms. The molecule has 3 rings (SSSR count). The highest BCUT2D eigenvalue weighted by atomic mass is 32.1. The number of aromatic nitrogens is 5. The van der Waals surface area contributed by atoms with Crippen molar-refractivity contribution in [2.45, 2.75) is 25.1 Å². The molecule has 2 N–H and O–H groups in total. The van der Waals surface area contributed by atoms with Gasteiger partial charge in [0.2, 0.25) is 5.60 Å². The SMILES string of the molecule is Cc1nc(-c2ncccn2)sc1C(=O)NCCC(O)(c1nccn1C)C(F)(F)F. The van der Waals surface area contributed by atoms with Crippen LogP contribution in [-0.2, 0) is 12.6 Å². The van der Waals surface area contributed by atoms with Gasteiger partial charge in [-0.15, -0.1) is 11.3 Å².